The van der Waals surface area contributed by atoms with E-state index in [9.17, 15) is 9.90 Å². The van der Waals surface area contributed by atoms with Crippen LogP contribution in [0.2, 0.25) is 0 Å². The number of nitrogens with one attached hydrogen (secondary N) is 1. The number of nitrogens with zero attached hydrogens (tertiary/aromatic N) is 3. The van der Waals surface area contributed by atoms with Crippen LogP contribution in [0.1, 0.15) is 30.6 Å². The molecule has 0 bridgehead atoms. The van der Waals surface area contributed by atoms with E-state index in [1.165, 1.54) is 0 Å². The Morgan fingerprint density at radius 2 is 2.17 bits per heavy atom. The normalized spacial score (nSPS) is 22.9. The number of aromatic nitrogens is 2. The van der Waals surface area contributed by atoms with Gasteiger partial charge in [-0.2, -0.15) is 0 Å². The highest BCUT2D eigenvalue weighted by molar-refractivity contribution is 5.75. The van der Waals surface area contributed by atoms with Gasteiger partial charge in [-0.3, -0.25) is 9.69 Å². The van der Waals surface area contributed by atoms with Crippen LogP contribution in [-0.2, 0) is 4.79 Å². The van der Waals surface area contributed by atoms with Gasteiger partial charge in [0.25, 0.3) is 0 Å². The van der Waals surface area contributed by atoms with Crippen molar-refractivity contribution in [2.75, 3.05) is 26.2 Å². The van der Waals surface area contributed by atoms with Crippen molar-refractivity contribution in [1.29, 1.82) is 0 Å². The van der Waals surface area contributed by atoms with Gasteiger partial charge in [-0.25, -0.2) is 4.98 Å². The summed E-state index contributed by atoms with van der Waals surface area (Å²) in [4.78, 5) is 17.8. The fraction of sp³-hybridized carbons (Fsp3) is 0.667. The van der Waals surface area contributed by atoms with E-state index in [0.29, 0.717) is 6.04 Å². The van der Waals surface area contributed by atoms with E-state index < -0.39 is 12.0 Å². The highest BCUT2D eigenvalue weighted by atomic mass is 16.4. The fourth-order valence-corrected chi connectivity index (χ4v) is 2.59. The number of hydrogen-bond acceptors (Lipinski definition) is 4. The van der Waals surface area contributed by atoms with Crippen LogP contribution in [0.25, 0.3) is 0 Å². The maximum Gasteiger partial charge on any atom is 0.327 e. The first-order valence-electron chi connectivity index (χ1n) is 6.46. The minimum absolute atomic E-state index is 0.465. The van der Waals surface area contributed by atoms with Crippen LogP contribution in [-0.4, -0.2) is 51.7 Å². The molecule has 1 aromatic rings. The fourth-order valence-electron chi connectivity index (χ4n) is 2.59. The Balaban J connectivity index is 1.87. The van der Waals surface area contributed by atoms with Crippen molar-refractivity contribution >= 4 is 5.97 Å². The highest BCUT2D eigenvalue weighted by Gasteiger charge is 2.34. The molecule has 1 saturated carbocycles. The molecule has 0 aromatic carbocycles. The van der Waals surface area contributed by atoms with E-state index in [0.717, 1.165) is 44.7 Å². The summed E-state index contributed by atoms with van der Waals surface area (Å²) >= 11 is 0. The van der Waals surface area contributed by atoms with Gasteiger partial charge in [0.05, 0.1) is 18.2 Å². The second-order valence-corrected chi connectivity index (χ2v) is 4.98. The zero-order valence-corrected chi connectivity index (χ0v) is 10.2. The van der Waals surface area contributed by atoms with Gasteiger partial charge in [0.2, 0.25) is 0 Å². The third-order valence-electron chi connectivity index (χ3n) is 3.67. The first kappa shape index (κ1) is 11.7. The molecule has 6 heteroatoms. The van der Waals surface area contributed by atoms with Gasteiger partial charge in [-0.15, -0.1) is 0 Å². The molecule has 2 aliphatic rings. The van der Waals surface area contributed by atoms with Crippen LogP contribution >= 0.6 is 0 Å². The van der Waals surface area contributed by atoms with E-state index >= 15 is 0 Å². The molecule has 6 nitrogen and oxygen atoms in total. The van der Waals surface area contributed by atoms with Gasteiger partial charge in [-0.1, -0.05) is 0 Å². The summed E-state index contributed by atoms with van der Waals surface area (Å²) in [5.74, 6) is -0.778. The van der Waals surface area contributed by atoms with Gasteiger partial charge in [-0.05, 0) is 12.8 Å². The number of aliphatic carboxylic acids is 1. The predicted octanol–water partition coefficient (Wildman–Crippen LogP) is 0.249. The second-order valence-electron chi connectivity index (χ2n) is 4.98. The van der Waals surface area contributed by atoms with Gasteiger partial charge in [0, 0.05) is 32.2 Å². The zero-order chi connectivity index (χ0) is 12.5. The number of carboxylic acid groups (broad SMARTS) is 1. The molecule has 2 heterocycles. The van der Waals surface area contributed by atoms with Crippen molar-refractivity contribution in [3.63, 3.8) is 0 Å². The molecule has 0 spiro atoms. The molecule has 1 aliphatic heterocycles. The maximum atomic E-state index is 11.6. The molecule has 1 aliphatic carbocycles. The summed E-state index contributed by atoms with van der Waals surface area (Å²) in [6.45, 7) is 3.24. The highest BCUT2D eigenvalue weighted by Crippen LogP contribution is 2.37. The lowest BCUT2D eigenvalue weighted by atomic mass is 10.1. The average Bonchev–Trinajstić information content (AvgIpc) is 3.11. The Labute approximate surface area is 106 Å². The summed E-state index contributed by atoms with van der Waals surface area (Å²) in [5.41, 5.74) is 0.826. The quantitative estimate of drug-likeness (QED) is 0.801. The molecule has 98 valence electrons. The van der Waals surface area contributed by atoms with Crippen LogP contribution in [0.5, 0.6) is 0 Å². The largest absolute Gasteiger partial charge is 0.480 e. The van der Waals surface area contributed by atoms with Crippen LogP contribution in [0, 0.1) is 0 Å². The molecule has 1 aromatic heterocycles. The number of piperazine rings is 1. The molecule has 1 unspecified atom stereocenters. The Kier molecular flexibility index (Phi) is 3.05. The van der Waals surface area contributed by atoms with Crippen LogP contribution < -0.4 is 5.32 Å². The molecule has 2 fully saturated rings. The van der Waals surface area contributed by atoms with Crippen molar-refractivity contribution in [3.8, 4) is 0 Å². The average molecular weight is 250 g/mol. The molecule has 18 heavy (non-hydrogen) atoms. The van der Waals surface area contributed by atoms with Gasteiger partial charge >= 0.3 is 5.97 Å². The second kappa shape index (κ2) is 4.70. The third-order valence-corrected chi connectivity index (χ3v) is 3.67. The van der Waals surface area contributed by atoms with E-state index in [1.54, 1.807) is 12.5 Å². The van der Waals surface area contributed by atoms with E-state index in [-0.39, 0.29) is 0 Å². The topological polar surface area (TPSA) is 70.4 Å². The number of hydrogen-bond donors (Lipinski definition) is 2. The Hall–Kier alpha value is -1.40. The van der Waals surface area contributed by atoms with Crippen molar-refractivity contribution < 1.29 is 9.90 Å². The Morgan fingerprint density at radius 1 is 1.44 bits per heavy atom. The van der Waals surface area contributed by atoms with Crippen LogP contribution in [0.15, 0.2) is 12.5 Å². The summed E-state index contributed by atoms with van der Waals surface area (Å²) < 4.78 is 2.04. The lowest BCUT2D eigenvalue weighted by Gasteiger charge is -2.32. The number of carboxylic acids is 1. The minimum Gasteiger partial charge on any atom is -0.480 e. The predicted molar refractivity (Wildman–Crippen MR) is 65.3 cm³/mol. The minimum atomic E-state index is -0.778. The van der Waals surface area contributed by atoms with Crippen molar-refractivity contribution in [3.05, 3.63) is 18.2 Å². The van der Waals surface area contributed by atoms with Gasteiger partial charge in [0.1, 0.15) is 0 Å². The lowest BCUT2D eigenvalue weighted by Crippen LogP contribution is -2.47. The molecule has 0 radical (unpaired) electrons. The summed E-state index contributed by atoms with van der Waals surface area (Å²) in [6.07, 6.45) is 5.75. The summed E-state index contributed by atoms with van der Waals surface area (Å²) in [6, 6.07) is -0.0949. The molecule has 1 saturated heterocycles. The standard InChI is InChI=1S/C12H18N4O2/c17-12(18)11(15-5-3-13-4-6-15)10-7-14-8-16(10)9-1-2-9/h7-9,11,13H,1-6H2,(H,17,18). The maximum absolute atomic E-state index is 11.6. The number of carbonyl (C=O) groups is 1. The van der Waals surface area contributed by atoms with E-state index in [2.05, 4.69) is 10.3 Å². The van der Waals surface area contributed by atoms with E-state index in [4.69, 9.17) is 0 Å². The van der Waals surface area contributed by atoms with Crippen molar-refractivity contribution in [2.24, 2.45) is 0 Å². The summed E-state index contributed by atoms with van der Waals surface area (Å²) in [7, 11) is 0. The number of rotatable bonds is 4. The van der Waals surface area contributed by atoms with Gasteiger partial charge < -0.3 is 15.0 Å². The van der Waals surface area contributed by atoms with Crippen molar-refractivity contribution in [2.45, 2.75) is 24.9 Å². The van der Waals surface area contributed by atoms with Gasteiger partial charge in [0.15, 0.2) is 6.04 Å². The molecular weight excluding hydrogens is 232 g/mol. The lowest BCUT2D eigenvalue weighted by molar-refractivity contribution is -0.144. The van der Waals surface area contributed by atoms with Crippen molar-refractivity contribution in [1.82, 2.24) is 19.8 Å². The monoisotopic (exact) mass is 250 g/mol. The molecule has 3 rings (SSSR count). The third kappa shape index (κ3) is 2.13. The zero-order valence-electron chi connectivity index (χ0n) is 10.2. The van der Waals surface area contributed by atoms with E-state index in [1.807, 2.05) is 9.47 Å². The summed E-state index contributed by atoms with van der Waals surface area (Å²) in [5, 5.41) is 12.8. The Morgan fingerprint density at radius 3 is 2.78 bits per heavy atom. The first-order valence-corrected chi connectivity index (χ1v) is 6.46. The smallest absolute Gasteiger partial charge is 0.327 e. The molecule has 2 N–H and O–H groups in total. The number of imidazole rings is 1. The Bertz CT molecular complexity index is 435. The van der Waals surface area contributed by atoms with Crippen LogP contribution in [0.3, 0.4) is 0 Å². The molecule has 1 atom stereocenters. The molecule has 0 amide bonds. The molecular formula is C12H18N4O2. The first-order chi connectivity index (χ1) is 8.77. The van der Waals surface area contributed by atoms with Crippen LogP contribution in [0.4, 0.5) is 0 Å². The SMILES string of the molecule is O=C(O)C(c1cncn1C1CC1)N1CCNCC1.